The van der Waals surface area contributed by atoms with Crippen LogP contribution in [-0.2, 0) is 19.1 Å². The van der Waals surface area contributed by atoms with Gasteiger partial charge in [0.15, 0.2) is 22.6 Å². The first kappa shape index (κ1) is 25.6. The van der Waals surface area contributed by atoms with Crippen molar-refractivity contribution >= 4 is 45.1 Å². The first-order chi connectivity index (χ1) is 15.2. The number of Topliss-reactive ketones (excluding diaryl/α,β-unsaturated/α-hetero) is 2. The minimum atomic E-state index is -1.96. The van der Waals surface area contributed by atoms with Gasteiger partial charge in [0.05, 0.1) is 14.2 Å². The molecular formula is C22H24N2O6S2. The van der Waals surface area contributed by atoms with Crippen LogP contribution in [0.2, 0.25) is 0 Å². The number of hydrogen-bond donors (Lipinski definition) is 2. The molecule has 10 heteroatoms. The van der Waals surface area contributed by atoms with Gasteiger partial charge in [-0.3, -0.25) is 9.59 Å². The lowest BCUT2D eigenvalue weighted by atomic mass is 9.92. The van der Waals surface area contributed by atoms with Crippen molar-refractivity contribution < 1.29 is 28.7 Å². The molecule has 0 fully saturated rings. The summed E-state index contributed by atoms with van der Waals surface area (Å²) < 4.78 is 9.49. The summed E-state index contributed by atoms with van der Waals surface area (Å²) in [6.45, 7) is 0. The highest BCUT2D eigenvalue weighted by molar-refractivity contribution is 8.76. The van der Waals surface area contributed by atoms with E-state index in [0.29, 0.717) is 0 Å². The Morgan fingerprint density at radius 2 is 1.00 bits per heavy atom. The van der Waals surface area contributed by atoms with Crippen molar-refractivity contribution in [3.8, 4) is 0 Å². The van der Waals surface area contributed by atoms with Crippen molar-refractivity contribution in [2.45, 2.75) is 11.1 Å². The molecule has 8 nitrogen and oxygen atoms in total. The van der Waals surface area contributed by atoms with E-state index < -0.39 is 34.6 Å². The molecular weight excluding hydrogens is 452 g/mol. The summed E-state index contributed by atoms with van der Waals surface area (Å²) in [5.41, 5.74) is 8.93. The molecule has 0 aromatic heterocycles. The highest BCUT2D eigenvalue weighted by Gasteiger charge is 2.46. The van der Waals surface area contributed by atoms with E-state index in [1.54, 1.807) is 60.7 Å². The third-order valence-corrected chi connectivity index (χ3v) is 7.16. The topological polar surface area (TPSA) is 139 Å². The summed E-state index contributed by atoms with van der Waals surface area (Å²) >= 11 is 0. The predicted octanol–water partition coefficient (Wildman–Crippen LogP) is 1.87. The number of rotatable bonds is 11. The average molecular weight is 477 g/mol. The fraction of sp³-hybridized carbons (Fsp3) is 0.273. The lowest BCUT2D eigenvalue weighted by Gasteiger charge is -2.26. The third-order valence-electron chi connectivity index (χ3n) is 4.64. The van der Waals surface area contributed by atoms with E-state index in [1.807, 2.05) is 0 Å². The standard InChI is InChI=1S/C22H24N2O6S2/c1-29-19(27)21(23,17(25)15-9-5-3-6-10-15)13-31-32-14-22(24,20(28)30-2)18(26)16-11-7-4-8-12-16/h3-12H,13-14,23-24H2,1-2H3/t21-,22-/m1/s1. The number of carbonyl (C=O) groups is 4. The average Bonchev–Trinajstić information content (AvgIpc) is 2.85. The lowest BCUT2D eigenvalue weighted by molar-refractivity contribution is -0.145. The number of hydrogen-bond acceptors (Lipinski definition) is 10. The van der Waals surface area contributed by atoms with Crippen LogP contribution in [0.25, 0.3) is 0 Å². The molecule has 0 spiro atoms. The molecule has 2 aromatic rings. The van der Waals surface area contributed by atoms with Crippen LogP contribution in [0.3, 0.4) is 0 Å². The zero-order valence-electron chi connectivity index (χ0n) is 17.6. The van der Waals surface area contributed by atoms with Crippen molar-refractivity contribution in [1.82, 2.24) is 0 Å². The van der Waals surface area contributed by atoms with Crippen LogP contribution in [0.5, 0.6) is 0 Å². The zero-order chi connectivity index (χ0) is 23.8. The highest BCUT2D eigenvalue weighted by Crippen LogP contribution is 2.31. The number of nitrogens with two attached hydrogens (primary N) is 2. The van der Waals surface area contributed by atoms with Gasteiger partial charge in [0, 0.05) is 22.6 Å². The van der Waals surface area contributed by atoms with Gasteiger partial charge >= 0.3 is 11.9 Å². The Kier molecular flexibility index (Phi) is 9.02. The van der Waals surface area contributed by atoms with E-state index >= 15 is 0 Å². The molecule has 170 valence electrons. The molecule has 0 unspecified atom stereocenters. The summed E-state index contributed by atoms with van der Waals surface area (Å²) in [7, 11) is 4.33. The van der Waals surface area contributed by atoms with E-state index in [1.165, 1.54) is 0 Å². The van der Waals surface area contributed by atoms with Gasteiger partial charge in [0.1, 0.15) is 0 Å². The zero-order valence-corrected chi connectivity index (χ0v) is 19.2. The molecule has 0 amide bonds. The summed E-state index contributed by atoms with van der Waals surface area (Å²) in [5, 5.41) is 0. The van der Waals surface area contributed by atoms with Crippen molar-refractivity contribution in [3.63, 3.8) is 0 Å². The molecule has 0 heterocycles. The summed E-state index contributed by atoms with van der Waals surface area (Å²) in [6.07, 6.45) is 0. The van der Waals surface area contributed by atoms with Crippen LogP contribution < -0.4 is 11.5 Å². The van der Waals surface area contributed by atoms with E-state index in [-0.39, 0.29) is 22.6 Å². The van der Waals surface area contributed by atoms with Crippen LogP contribution >= 0.6 is 21.6 Å². The lowest BCUT2D eigenvalue weighted by Crippen LogP contribution is -2.58. The van der Waals surface area contributed by atoms with Crippen molar-refractivity contribution in [1.29, 1.82) is 0 Å². The summed E-state index contributed by atoms with van der Waals surface area (Å²) in [5.74, 6) is -3.35. The van der Waals surface area contributed by atoms with Crippen LogP contribution in [0.1, 0.15) is 20.7 Å². The van der Waals surface area contributed by atoms with E-state index in [9.17, 15) is 19.2 Å². The number of ether oxygens (including phenoxy) is 2. The van der Waals surface area contributed by atoms with Gasteiger partial charge in [-0.25, -0.2) is 9.59 Å². The molecule has 32 heavy (non-hydrogen) atoms. The maximum absolute atomic E-state index is 12.9. The predicted molar refractivity (Wildman–Crippen MR) is 124 cm³/mol. The van der Waals surface area contributed by atoms with E-state index in [2.05, 4.69) is 0 Å². The van der Waals surface area contributed by atoms with Gasteiger partial charge in [-0.2, -0.15) is 0 Å². The molecule has 0 aliphatic carbocycles. The van der Waals surface area contributed by atoms with Gasteiger partial charge in [-0.05, 0) is 0 Å². The first-order valence-corrected chi connectivity index (χ1v) is 11.9. The summed E-state index contributed by atoms with van der Waals surface area (Å²) in [4.78, 5) is 50.5. The van der Waals surface area contributed by atoms with Gasteiger partial charge in [0.25, 0.3) is 0 Å². The molecule has 0 aliphatic rings. The maximum atomic E-state index is 12.9. The normalized spacial score (nSPS) is 14.5. The Bertz CT molecular complexity index is 893. The minimum Gasteiger partial charge on any atom is -0.467 e. The monoisotopic (exact) mass is 476 g/mol. The molecule has 0 saturated carbocycles. The van der Waals surface area contributed by atoms with Gasteiger partial charge in [0.2, 0.25) is 0 Å². The Morgan fingerprint density at radius 1 is 0.688 bits per heavy atom. The minimum absolute atomic E-state index is 0.172. The summed E-state index contributed by atoms with van der Waals surface area (Å²) in [6, 6.07) is 16.3. The van der Waals surface area contributed by atoms with Crippen molar-refractivity contribution in [3.05, 3.63) is 71.8 Å². The first-order valence-electron chi connectivity index (χ1n) is 9.39. The smallest absolute Gasteiger partial charge is 0.334 e. The Labute approximate surface area is 193 Å². The van der Waals surface area contributed by atoms with Gasteiger partial charge in [-0.1, -0.05) is 82.3 Å². The fourth-order valence-electron chi connectivity index (χ4n) is 2.76. The highest BCUT2D eigenvalue weighted by atomic mass is 33.1. The molecule has 0 aliphatic heterocycles. The number of benzene rings is 2. The number of esters is 2. The second-order valence-electron chi connectivity index (χ2n) is 6.84. The Hall–Kier alpha value is -2.66. The van der Waals surface area contributed by atoms with E-state index in [4.69, 9.17) is 20.9 Å². The molecule has 2 aromatic carbocycles. The van der Waals surface area contributed by atoms with Crippen LogP contribution in [0.4, 0.5) is 0 Å². The molecule has 0 radical (unpaired) electrons. The van der Waals surface area contributed by atoms with Crippen molar-refractivity contribution in [2.24, 2.45) is 11.5 Å². The second-order valence-corrected chi connectivity index (χ2v) is 9.30. The Balaban J connectivity index is 2.15. The number of carbonyl (C=O) groups excluding carboxylic acids is 4. The van der Waals surface area contributed by atoms with Crippen LogP contribution in [0, 0.1) is 0 Å². The SMILES string of the molecule is COC(=O)[C@@](N)(CSSC[C@](N)(C(=O)OC)C(=O)c1ccccc1)C(=O)c1ccccc1. The third kappa shape index (κ3) is 5.57. The van der Waals surface area contributed by atoms with E-state index in [0.717, 1.165) is 35.8 Å². The molecule has 2 atom stereocenters. The van der Waals surface area contributed by atoms with Crippen LogP contribution in [-0.4, -0.2) is 60.3 Å². The Morgan fingerprint density at radius 3 is 1.28 bits per heavy atom. The van der Waals surface area contributed by atoms with Crippen molar-refractivity contribution in [2.75, 3.05) is 25.7 Å². The maximum Gasteiger partial charge on any atom is 0.334 e. The fourth-order valence-corrected chi connectivity index (χ4v) is 5.41. The molecule has 2 rings (SSSR count). The molecule has 0 saturated heterocycles. The number of ketones is 2. The van der Waals surface area contributed by atoms with Gasteiger partial charge in [-0.15, -0.1) is 0 Å². The largest absolute Gasteiger partial charge is 0.467 e. The van der Waals surface area contributed by atoms with Crippen LogP contribution in [0.15, 0.2) is 60.7 Å². The second kappa shape index (κ2) is 11.3. The molecule has 4 N–H and O–H groups in total. The number of methoxy groups -OCH3 is 2. The quantitative estimate of drug-likeness (QED) is 0.162. The van der Waals surface area contributed by atoms with Gasteiger partial charge < -0.3 is 20.9 Å². The molecule has 0 bridgehead atoms.